The molecule has 4 nitrogen and oxygen atoms in total. The molecule has 1 aromatic rings. The van der Waals surface area contributed by atoms with E-state index in [2.05, 4.69) is 26.3 Å². The van der Waals surface area contributed by atoms with Gasteiger partial charge < -0.3 is 4.74 Å². The lowest BCUT2D eigenvalue weighted by Gasteiger charge is -2.38. The van der Waals surface area contributed by atoms with Gasteiger partial charge in [0, 0.05) is 18.2 Å². The van der Waals surface area contributed by atoms with Gasteiger partial charge in [0.05, 0.1) is 23.2 Å². The van der Waals surface area contributed by atoms with E-state index in [0.29, 0.717) is 22.7 Å². The predicted octanol–water partition coefficient (Wildman–Crippen LogP) is 1.96. The van der Waals surface area contributed by atoms with Gasteiger partial charge in [0.15, 0.2) is 0 Å². The van der Waals surface area contributed by atoms with Crippen LogP contribution in [-0.4, -0.2) is 36.7 Å². The molecular weight excluding hydrogens is 325 g/mol. The number of morpholine rings is 1. The first-order chi connectivity index (χ1) is 9.70. The number of hydrazine groups is 1. The Balaban J connectivity index is 1.81. The van der Waals surface area contributed by atoms with Crippen molar-refractivity contribution in [3.63, 3.8) is 0 Å². The van der Waals surface area contributed by atoms with E-state index >= 15 is 0 Å². The van der Waals surface area contributed by atoms with Gasteiger partial charge in [-0.2, -0.15) is 0 Å². The molecular formula is C14H19BrFN3O. The Labute approximate surface area is 126 Å². The van der Waals surface area contributed by atoms with Gasteiger partial charge in [0.1, 0.15) is 5.82 Å². The highest BCUT2D eigenvalue weighted by atomic mass is 79.9. The van der Waals surface area contributed by atoms with Crippen LogP contribution in [0.5, 0.6) is 0 Å². The van der Waals surface area contributed by atoms with Crippen molar-refractivity contribution < 1.29 is 9.13 Å². The summed E-state index contributed by atoms with van der Waals surface area (Å²) in [6.45, 7) is 2.60. The lowest BCUT2D eigenvalue weighted by Crippen LogP contribution is -2.51. The molecule has 1 aromatic carbocycles. The smallest absolute Gasteiger partial charge is 0.142 e. The summed E-state index contributed by atoms with van der Waals surface area (Å²) in [5, 5.41) is 0. The highest BCUT2D eigenvalue weighted by Crippen LogP contribution is 2.31. The first-order valence-corrected chi connectivity index (χ1v) is 7.75. The van der Waals surface area contributed by atoms with E-state index in [1.54, 1.807) is 12.1 Å². The summed E-state index contributed by atoms with van der Waals surface area (Å²) in [6, 6.07) is 5.44. The van der Waals surface area contributed by atoms with Crippen LogP contribution in [0.2, 0.25) is 0 Å². The van der Waals surface area contributed by atoms with Crippen molar-refractivity contribution in [3.8, 4) is 0 Å². The van der Waals surface area contributed by atoms with Crippen molar-refractivity contribution in [2.75, 3.05) is 19.7 Å². The van der Waals surface area contributed by atoms with Gasteiger partial charge in [-0.15, -0.1) is 0 Å². The van der Waals surface area contributed by atoms with E-state index in [4.69, 9.17) is 10.6 Å². The minimum Gasteiger partial charge on any atom is -0.373 e. The largest absolute Gasteiger partial charge is 0.373 e. The van der Waals surface area contributed by atoms with Crippen LogP contribution in [-0.2, 0) is 4.74 Å². The Morgan fingerprint density at radius 1 is 1.50 bits per heavy atom. The van der Waals surface area contributed by atoms with Crippen LogP contribution >= 0.6 is 15.9 Å². The van der Waals surface area contributed by atoms with E-state index in [0.717, 1.165) is 13.1 Å². The van der Waals surface area contributed by atoms with Crippen molar-refractivity contribution >= 4 is 15.9 Å². The topological polar surface area (TPSA) is 50.5 Å². The molecule has 2 aliphatic heterocycles. The van der Waals surface area contributed by atoms with Crippen LogP contribution < -0.4 is 11.3 Å². The van der Waals surface area contributed by atoms with Gasteiger partial charge >= 0.3 is 0 Å². The van der Waals surface area contributed by atoms with Crippen LogP contribution in [0.15, 0.2) is 22.7 Å². The monoisotopic (exact) mass is 343 g/mol. The zero-order valence-corrected chi connectivity index (χ0v) is 12.8. The van der Waals surface area contributed by atoms with Gasteiger partial charge in [-0.25, -0.2) is 4.39 Å². The van der Waals surface area contributed by atoms with Gasteiger partial charge in [-0.05, 0) is 41.4 Å². The average molecular weight is 344 g/mol. The third-order valence-electron chi connectivity index (χ3n) is 4.28. The molecule has 0 spiro atoms. The molecule has 6 heteroatoms. The molecule has 2 aliphatic rings. The zero-order valence-electron chi connectivity index (χ0n) is 11.2. The second-order valence-corrected chi connectivity index (χ2v) is 6.30. The third-order valence-corrected chi connectivity index (χ3v) is 4.90. The molecule has 0 bridgehead atoms. The molecule has 2 fully saturated rings. The van der Waals surface area contributed by atoms with Crippen LogP contribution in [0.4, 0.5) is 4.39 Å². The molecule has 2 heterocycles. The van der Waals surface area contributed by atoms with E-state index in [9.17, 15) is 4.39 Å². The van der Waals surface area contributed by atoms with Crippen molar-refractivity contribution in [3.05, 3.63) is 34.1 Å². The second kappa shape index (κ2) is 6.07. The molecule has 3 unspecified atom stereocenters. The lowest BCUT2D eigenvalue weighted by molar-refractivity contribution is -0.0657. The number of benzene rings is 1. The summed E-state index contributed by atoms with van der Waals surface area (Å²) in [6.07, 6.45) is 2.28. The summed E-state index contributed by atoms with van der Waals surface area (Å²) >= 11 is 3.22. The van der Waals surface area contributed by atoms with Crippen LogP contribution in [0.1, 0.15) is 24.4 Å². The molecule has 0 aromatic heterocycles. The quantitative estimate of drug-likeness (QED) is 0.650. The number of nitrogens with zero attached hydrogens (tertiary/aromatic N) is 1. The first-order valence-electron chi connectivity index (χ1n) is 6.96. The maximum absolute atomic E-state index is 14.3. The number of fused-ring (bicyclic) bond motifs is 1. The van der Waals surface area contributed by atoms with E-state index in [-0.39, 0.29) is 18.0 Å². The molecule has 3 N–H and O–H groups in total. The molecule has 0 saturated carbocycles. The maximum atomic E-state index is 14.3. The average Bonchev–Trinajstić information content (AvgIpc) is 2.92. The molecule has 3 atom stereocenters. The van der Waals surface area contributed by atoms with Crippen molar-refractivity contribution in [2.24, 2.45) is 5.84 Å². The van der Waals surface area contributed by atoms with E-state index in [1.165, 1.54) is 12.8 Å². The summed E-state index contributed by atoms with van der Waals surface area (Å²) in [4.78, 5) is 2.42. The van der Waals surface area contributed by atoms with Gasteiger partial charge in [0.2, 0.25) is 0 Å². The number of nitrogens with two attached hydrogens (primary N) is 1. The predicted molar refractivity (Wildman–Crippen MR) is 78.5 cm³/mol. The Morgan fingerprint density at radius 3 is 3.15 bits per heavy atom. The van der Waals surface area contributed by atoms with Crippen LogP contribution in [0.25, 0.3) is 0 Å². The minimum atomic E-state index is -0.339. The Bertz CT molecular complexity index is 487. The third kappa shape index (κ3) is 2.63. The number of hydrogen-bond acceptors (Lipinski definition) is 4. The Morgan fingerprint density at radius 2 is 2.35 bits per heavy atom. The van der Waals surface area contributed by atoms with E-state index in [1.807, 2.05) is 6.07 Å². The summed E-state index contributed by atoms with van der Waals surface area (Å²) < 4.78 is 20.6. The molecule has 20 heavy (non-hydrogen) atoms. The number of hydrogen-bond donors (Lipinski definition) is 2. The number of rotatable bonds is 3. The normalized spacial score (nSPS) is 28.4. The number of nitrogens with one attached hydrogen (secondary N) is 1. The van der Waals surface area contributed by atoms with Gasteiger partial charge in [-0.1, -0.05) is 12.1 Å². The molecule has 3 rings (SSSR count). The molecule has 110 valence electrons. The standard InChI is InChI=1S/C14H19BrFN3O/c15-11-5-1-4-10(13(11)16)14(18-17)12-7-19-6-2-3-9(19)8-20-12/h1,4-5,9,12,14,18H,2-3,6-8,17H2. The minimum absolute atomic E-state index is 0.127. The SMILES string of the molecule is NNC(c1cccc(Br)c1F)C1CN2CCCC2CO1. The van der Waals surface area contributed by atoms with E-state index < -0.39 is 0 Å². The maximum Gasteiger partial charge on any atom is 0.142 e. The van der Waals surface area contributed by atoms with Crippen LogP contribution in [0.3, 0.4) is 0 Å². The summed E-state index contributed by atoms with van der Waals surface area (Å²) in [7, 11) is 0. The van der Waals surface area contributed by atoms with Gasteiger partial charge in [-0.3, -0.25) is 16.2 Å². The molecule has 0 aliphatic carbocycles. The van der Waals surface area contributed by atoms with Gasteiger partial charge in [0.25, 0.3) is 0 Å². The number of halogens is 2. The van der Waals surface area contributed by atoms with Crippen LogP contribution in [0, 0.1) is 5.82 Å². The van der Waals surface area contributed by atoms with Crippen molar-refractivity contribution in [1.29, 1.82) is 0 Å². The Kier molecular flexibility index (Phi) is 4.37. The zero-order chi connectivity index (χ0) is 14.1. The summed E-state index contributed by atoms with van der Waals surface area (Å²) in [5.74, 6) is 5.39. The highest BCUT2D eigenvalue weighted by Gasteiger charge is 2.36. The first kappa shape index (κ1) is 14.4. The fourth-order valence-electron chi connectivity index (χ4n) is 3.20. The van der Waals surface area contributed by atoms with Crippen molar-refractivity contribution in [1.82, 2.24) is 10.3 Å². The highest BCUT2D eigenvalue weighted by molar-refractivity contribution is 9.10. The fourth-order valence-corrected chi connectivity index (χ4v) is 3.58. The lowest BCUT2D eigenvalue weighted by atomic mass is 9.99. The number of ether oxygens (including phenoxy) is 1. The Hall–Kier alpha value is -0.530. The molecule has 2 saturated heterocycles. The van der Waals surface area contributed by atoms with Crippen molar-refractivity contribution in [2.45, 2.75) is 31.0 Å². The fraction of sp³-hybridized carbons (Fsp3) is 0.571. The summed E-state index contributed by atoms with van der Waals surface area (Å²) in [5.41, 5.74) is 3.27. The molecule has 0 radical (unpaired) electrons. The second-order valence-electron chi connectivity index (χ2n) is 5.45. The molecule has 0 amide bonds.